The molecule has 0 aliphatic carbocycles. The highest BCUT2D eigenvalue weighted by Crippen LogP contribution is 2.17. The predicted octanol–water partition coefficient (Wildman–Crippen LogP) is 5.39. The van der Waals surface area contributed by atoms with Crippen molar-refractivity contribution in [3.8, 4) is 6.07 Å². The molecule has 128 valence electrons. The smallest absolute Gasteiger partial charge is 0.0621 e. The Balaban J connectivity index is 1.68. The molecule has 0 aromatic rings. The van der Waals surface area contributed by atoms with Gasteiger partial charge in [0, 0.05) is 26.2 Å². The molecule has 1 rings (SSSR count). The molecule has 0 radical (unpaired) electrons. The third kappa shape index (κ3) is 12.0. The van der Waals surface area contributed by atoms with E-state index in [-0.39, 0.29) is 0 Å². The van der Waals surface area contributed by atoms with Gasteiger partial charge in [0.1, 0.15) is 0 Å². The maximum Gasteiger partial charge on any atom is 0.0621 e. The van der Waals surface area contributed by atoms with Gasteiger partial charge in [0.15, 0.2) is 0 Å². The van der Waals surface area contributed by atoms with E-state index in [2.05, 4.69) is 6.07 Å². The first-order valence-corrected chi connectivity index (χ1v) is 9.50. The Morgan fingerprint density at radius 1 is 0.864 bits per heavy atom. The monoisotopic (exact) mass is 309 g/mol. The standard InChI is InChI=1S/C19H35NO2/c20-15-9-5-3-1-2-4-6-10-16-21-17-11-7-13-19-14-8-12-18-22-19/h19H,1-14,16-18H2. The first-order valence-electron chi connectivity index (χ1n) is 9.50. The summed E-state index contributed by atoms with van der Waals surface area (Å²) in [6.45, 7) is 2.81. The molecule has 3 nitrogen and oxygen atoms in total. The van der Waals surface area contributed by atoms with Crippen LogP contribution in [-0.2, 0) is 9.47 Å². The Kier molecular flexibility index (Phi) is 13.5. The molecule has 0 aromatic heterocycles. The van der Waals surface area contributed by atoms with Gasteiger partial charge in [0.25, 0.3) is 0 Å². The van der Waals surface area contributed by atoms with Crippen LogP contribution in [0.4, 0.5) is 0 Å². The van der Waals surface area contributed by atoms with Crippen LogP contribution in [0.2, 0.25) is 0 Å². The van der Waals surface area contributed by atoms with Crippen LogP contribution in [-0.4, -0.2) is 25.9 Å². The number of nitrogens with zero attached hydrogens (tertiary/aromatic N) is 1. The molecule has 0 aromatic carbocycles. The molecule has 1 saturated heterocycles. The molecule has 0 spiro atoms. The lowest BCUT2D eigenvalue weighted by atomic mass is 10.0. The summed E-state index contributed by atoms with van der Waals surface area (Å²) in [6.07, 6.45) is 17.4. The summed E-state index contributed by atoms with van der Waals surface area (Å²) in [4.78, 5) is 0. The maximum atomic E-state index is 8.44. The second-order valence-electron chi connectivity index (χ2n) is 6.48. The molecule has 0 saturated carbocycles. The van der Waals surface area contributed by atoms with Gasteiger partial charge in [0.05, 0.1) is 12.2 Å². The summed E-state index contributed by atoms with van der Waals surface area (Å²) < 4.78 is 11.4. The molecule has 0 bridgehead atoms. The van der Waals surface area contributed by atoms with Crippen LogP contribution in [0.1, 0.15) is 89.9 Å². The number of unbranched alkanes of at least 4 members (excludes halogenated alkanes) is 8. The second-order valence-corrected chi connectivity index (χ2v) is 6.48. The van der Waals surface area contributed by atoms with Crippen LogP contribution in [0.15, 0.2) is 0 Å². The Morgan fingerprint density at radius 2 is 1.55 bits per heavy atom. The Labute approximate surface area is 137 Å². The maximum absolute atomic E-state index is 8.44. The third-order valence-corrected chi connectivity index (χ3v) is 4.42. The lowest BCUT2D eigenvalue weighted by Gasteiger charge is -2.22. The lowest BCUT2D eigenvalue weighted by Crippen LogP contribution is -2.18. The van der Waals surface area contributed by atoms with Crippen molar-refractivity contribution in [3.05, 3.63) is 0 Å². The van der Waals surface area contributed by atoms with E-state index in [0.29, 0.717) is 6.10 Å². The van der Waals surface area contributed by atoms with E-state index >= 15 is 0 Å². The fourth-order valence-electron chi connectivity index (χ4n) is 3.01. The summed E-state index contributed by atoms with van der Waals surface area (Å²) in [6, 6.07) is 2.20. The molecule has 1 fully saturated rings. The molecule has 1 aliphatic rings. The summed E-state index contributed by atoms with van der Waals surface area (Å²) >= 11 is 0. The molecule has 22 heavy (non-hydrogen) atoms. The molecule has 1 aliphatic heterocycles. The van der Waals surface area contributed by atoms with Crippen molar-refractivity contribution < 1.29 is 9.47 Å². The van der Waals surface area contributed by atoms with Crippen molar-refractivity contribution in [2.75, 3.05) is 19.8 Å². The topological polar surface area (TPSA) is 42.2 Å². The Hall–Kier alpha value is -0.590. The van der Waals surface area contributed by atoms with Crippen molar-refractivity contribution in [1.82, 2.24) is 0 Å². The first kappa shape index (κ1) is 19.5. The first-order chi connectivity index (χ1) is 10.9. The molecular weight excluding hydrogens is 274 g/mol. The summed E-state index contributed by atoms with van der Waals surface area (Å²) in [7, 11) is 0. The number of nitriles is 1. The summed E-state index contributed by atoms with van der Waals surface area (Å²) in [5, 5.41) is 8.44. The largest absolute Gasteiger partial charge is 0.381 e. The van der Waals surface area contributed by atoms with Crippen molar-refractivity contribution in [1.29, 1.82) is 5.26 Å². The fourth-order valence-corrected chi connectivity index (χ4v) is 3.01. The average molecular weight is 309 g/mol. The highest BCUT2D eigenvalue weighted by Gasteiger charge is 2.12. The SMILES string of the molecule is N#CCCCCCCCCCOCCCCC1CCCCO1. The van der Waals surface area contributed by atoms with Crippen molar-refractivity contribution >= 4 is 0 Å². The van der Waals surface area contributed by atoms with E-state index < -0.39 is 0 Å². The molecule has 0 N–H and O–H groups in total. The molecule has 0 amide bonds. The lowest BCUT2D eigenvalue weighted by molar-refractivity contribution is 0.00841. The van der Waals surface area contributed by atoms with E-state index in [1.165, 1.54) is 77.0 Å². The minimum Gasteiger partial charge on any atom is -0.381 e. The van der Waals surface area contributed by atoms with Gasteiger partial charge in [-0.15, -0.1) is 0 Å². The fraction of sp³-hybridized carbons (Fsp3) is 0.947. The molecule has 1 unspecified atom stereocenters. The quantitative estimate of drug-likeness (QED) is 0.404. The normalized spacial score (nSPS) is 18.2. The number of hydrogen-bond acceptors (Lipinski definition) is 3. The zero-order valence-electron chi connectivity index (χ0n) is 14.4. The predicted molar refractivity (Wildman–Crippen MR) is 90.8 cm³/mol. The van der Waals surface area contributed by atoms with Gasteiger partial charge < -0.3 is 9.47 Å². The van der Waals surface area contributed by atoms with Gasteiger partial charge >= 0.3 is 0 Å². The van der Waals surface area contributed by atoms with Crippen molar-refractivity contribution in [2.45, 2.75) is 96.0 Å². The number of rotatable bonds is 14. The number of ether oxygens (including phenoxy) is 2. The minimum atomic E-state index is 0.530. The minimum absolute atomic E-state index is 0.530. The average Bonchev–Trinajstić information content (AvgIpc) is 2.56. The van der Waals surface area contributed by atoms with E-state index in [1.807, 2.05) is 0 Å². The van der Waals surface area contributed by atoms with Crippen molar-refractivity contribution in [2.24, 2.45) is 0 Å². The van der Waals surface area contributed by atoms with Crippen LogP contribution in [0.3, 0.4) is 0 Å². The number of hydrogen-bond donors (Lipinski definition) is 0. The highest BCUT2D eigenvalue weighted by atomic mass is 16.5. The van der Waals surface area contributed by atoms with Gasteiger partial charge in [-0.3, -0.25) is 0 Å². The molecular formula is C19H35NO2. The second kappa shape index (κ2) is 15.3. The van der Waals surface area contributed by atoms with Crippen LogP contribution >= 0.6 is 0 Å². The van der Waals surface area contributed by atoms with E-state index in [9.17, 15) is 0 Å². The Bertz CT molecular complexity index is 269. The van der Waals surface area contributed by atoms with E-state index in [4.69, 9.17) is 14.7 Å². The van der Waals surface area contributed by atoms with Crippen molar-refractivity contribution in [3.63, 3.8) is 0 Å². The highest BCUT2D eigenvalue weighted by molar-refractivity contribution is 4.67. The summed E-state index contributed by atoms with van der Waals surface area (Å²) in [5.74, 6) is 0. The van der Waals surface area contributed by atoms with Gasteiger partial charge in [-0.05, 0) is 51.4 Å². The van der Waals surface area contributed by atoms with Gasteiger partial charge in [-0.25, -0.2) is 0 Å². The zero-order chi connectivity index (χ0) is 15.7. The van der Waals surface area contributed by atoms with Gasteiger partial charge in [-0.2, -0.15) is 5.26 Å². The van der Waals surface area contributed by atoms with E-state index in [0.717, 1.165) is 32.7 Å². The molecule has 1 atom stereocenters. The van der Waals surface area contributed by atoms with Gasteiger partial charge in [0.2, 0.25) is 0 Å². The van der Waals surface area contributed by atoms with Crippen LogP contribution in [0.25, 0.3) is 0 Å². The van der Waals surface area contributed by atoms with E-state index in [1.54, 1.807) is 0 Å². The summed E-state index contributed by atoms with van der Waals surface area (Å²) in [5.41, 5.74) is 0. The van der Waals surface area contributed by atoms with Crippen LogP contribution < -0.4 is 0 Å². The van der Waals surface area contributed by atoms with Crippen LogP contribution in [0.5, 0.6) is 0 Å². The van der Waals surface area contributed by atoms with Crippen LogP contribution in [0, 0.1) is 11.3 Å². The Morgan fingerprint density at radius 3 is 2.23 bits per heavy atom. The van der Waals surface area contributed by atoms with Gasteiger partial charge in [-0.1, -0.05) is 32.1 Å². The molecule has 3 heteroatoms. The third-order valence-electron chi connectivity index (χ3n) is 4.42. The molecule has 1 heterocycles. The zero-order valence-corrected chi connectivity index (χ0v) is 14.4.